The summed E-state index contributed by atoms with van der Waals surface area (Å²) in [5, 5.41) is 15.2. The molecular formula is C24H29Cl2N5O4. The Morgan fingerprint density at radius 3 is 2.43 bits per heavy atom. The molecule has 0 bridgehead atoms. The van der Waals surface area contributed by atoms with E-state index < -0.39 is 17.7 Å². The molecule has 2 saturated heterocycles. The number of nitrogens with one attached hydrogen (secondary N) is 1. The molecule has 0 saturated carbocycles. The van der Waals surface area contributed by atoms with E-state index in [0.29, 0.717) is 52.8 Å². The molecule has 4 rings (SSSR count). The fourth-order valence-electron chi connectivity index (χ4n) is 4.53. The Kier molecular flexibility index (Phi) is 7.73. The summed E-state index contributed by atoms with van der Waals surface area (Å²) in [4.78, 5) is 32.1. The van der Waals surface area contributed by atoms with E-state index >= 15 is 0 Å². The van der Waals surface area contributed by atoms with Crippen molar-refractivity contribution in [2.45, 2.75) is 25.6 Å². The number of carbonyl (C=O) groups excluding carboxylic acids is 2. The molecule has 2 N–H and O–H groups in total. The lowest BCUT2D eigenvalue weighted by molar-refractivity contribution is -0.0954. The van der Waals surface area contributed by atoms with Gasteiger partial charge < -0.3 is 15.0 Å². The average Bonchev–Trinajstić information content (AvgIpc) is 3.02. The second-order valence-corrected chi connectivity index (χ2v) is 9.92. The Labute approximate surface area is 214 Å². The van der Waals surface area contributed by atoms with Gasteiger partial charge in [-0.05, 0) is 50.2 Å². The van der Waals surface area contributed by atoms with Crippen LogP contribution in [0, 0.1) is 0 Å². The first-order chi connectivity index (χ1) is 16.7. The molecule has 188 valence electrons. The first-order valence-electron chi connectivity index (χ1n) is 11.4. The second-order valence-electron chi connectivity index (χ2n) is 9.05. The predicted molar refractivity (Wildman–Crippen MR) is 135 cm³/mol. The van der Waals surface area contributed by atoms with Gasteiger partial charge in [0.25, 0.3) is 0 Å². The van der Waals surface area contributed by atoms with Crippen molar-refractivity contribution in [3.63, 3.8) is 0 Å². The largest absolute Gasteiger partial charge is 0.379 e. The molecule has 11 heteroatoms. The molecule has 2 heterocycles. The van der Waals surface area contributed by atoms with Crippen molar-refractivity contribution in [1.29, 1.82) is 0 Å². The van der Waals surface area contributed by atoms with Crippen LogP contribution in [-0.2, 0) is 4.74 Å². The van der Waals surface area contributed by atoms with Crippen LogP contribution >= 0.6 is 23.2 Å². The molecule has 4 amide bonds. The maximum Gasteiger partial charge on any atom is 0.347 e. The number of urea groups is 2. The van der Waals surface area contributed by atoms with E-state index in [1.807, 2.05) is 13.8 Å². The molecule has 0 unspecified atom stereocenters. The van der Waals surface area contributed by atoms with Crippen LogP contribution in [0.1, 0.15) is 13.8 Å². The summed E-state index contributed by atoms with van der Waals surface area (Å²) >= 11 is 12.2. The Balaban J connectivity index is 1.62. The lowest BCUT2D eigenvalue weighted by Gasteiger charge is -2.39. The third-order valence-corrected chi connectivity index (χ3v) is 6.82. The summed E-state index contributed by atoms with van der Waals surface area (Å²) in [6.45, 7) is 7.62. The van der Waals surface area contributed by atoms with Crippen LogP contribution in [0.5, 0.6) is 0 Å². The normalized spacial score (nSPS) is 20.3. The lowest BCUT2D eigenvalue weighted by Crippen LogP contribution is -2.58. The van der Waals surface area contributed by atoms with Crippen LogP contribution in [0.25, 0.3) is 0 Å². The van der Waals surface area contributed by atoms with Gasteiger partial charge in [-0.2, -0.15) is 5.06 Å². The van der Waals surface area contributed by atoms with Gasteiger partial charge in [-0.1, -0.05) is 35.3 Å². The Morgan fingerprint density at radius 2 is 1.77 bits per heavy atom. The standard InChI is InChI=1S/C24H29Cl2N5O4/c1-24(2)21(31(34)22(32)27-19-7-3-5-17(25)15-19)30(20-8-4-6-18(26)16-20)23(33)29(24)10-9-28-11-13-35-14-12-28/h3-8,15-16,21,34H,9-14H2,1-2H3,(H,27,32)/t21-/m0/s1. The van der Waals surface area contributed by atoms with E-state index in [1.165, 1.54) is 4.90 Å². The monoisotopic (exact) mass is 521 g/mol. The third kappa shape index (κ3) is 5.49. The van der Waals surface area contributed by atoms with E-state index in [2.05, 4.69) is 10.2 Å². The highest BCUT2D eigenvalue weighted by Crippen LogP contribution is 2.38. The fraction of sp³-hybridized carbons (Fsp3) is 0.417. The molecule has 2 fully saturated rings. The molecule has 2 aromatic carbocycles. The highest BCUT2D eigenvalue weighted by molar-refractivity contribution is 6.31. The van der Waals surface area contributed by atoms with Crippen molar-refractivity contribution in [2.24, 2.45) is 0 Å². The van der Waals surface area contributed by atoms with Crippen molar-refractivity contribution in [3.8, 4) is 0 Å². The molecule has 2 aliphatic heterocycles. The van der Waals surface area contributed by atoms with Crippen molar-refractivity contribution in [1.82, 2.24) is 14.9 Å². The van der Waals surface area contributed by atoms with E-state index in [0.717, 1.165) is 13.1 Å². The van der Waals surface area contributed by atoms with Gasteiger partial charge in [-0.15, -0.1) is 0 Å². The minimum absolute atomic E-state index is 0.329. The van der Waals surface area contributed by atoms with Crippen LogP contribution in [0.4, 0.5) is 21.0 Å². The third-order valence-electron chi connectivity index (χ3n) is 6.35. The van der Waals surface area contributed by atoms with Gasteiger partial charge in [0.05, 0.1) is 18.8 Å². The van der Waals surface area contributed by atoms with Gasteiger partial charge >= 0.3 is 12.1 Å². The van der Waals surface area contributed by atoms with Gasteiger partial charge in [0.2, 0.25) is 0 Å². The summed E-state index contributed by atoms with van der Waals surface area (Å²) < 4.78 is 5.42. The van der Waals surface area contributed by atoms with Gasteiger partial charge in [-0.25, -0.2) is 9.59 Å². The molecule has 0 radical (unpaired) electrons. The summed E-state index contributed by atoms with van der Waals surface area (Å²) in [6.07, 6.45) is -1.03. The number of nitrogens with zero attached hydrogens (tertiary/aromatic N) is 4. The minimum atomic E-state index is -1.03. The number of ether oxygens (including phenoxy) is 1. The number of amides is 4. The number of hydroxylamine groups is 2. The van der Waals surface area contributed by atoms with Crippen LogP contribution in [0.3, 0.4) is 0 Å². The first kappa shape index (κ1) is 25.5. The Hall–Kier alpha value is -2.56. The van der Waals surface area contributed by atoms with E-state index in [9.17, 15) is 14.8 Å². The van der Waals surface area contributed by atoms with E-state index in [-0.39, 0.29) is 6.03 Å². The van der Waals surface area contributed by atoms with Gasteiger partial charge in [0.1, 0.15) is 0 Å². The zero-order valence-electron chi connectivity index (χ0n) is 19.7. The highest BCUT2D eigenvalue weighted by Gasteiger charge is 2.56. The number of halogens is 2. The maximum absolute atomic E-state index is 13.7. The van der Waals surface area contributed by atoms with Crippen LogP contribution in [0.15, 0.2) is 48.5 Å². The average molecular weight is 522 g/mol. The van der Waals surface area contributed by atoms with E-state index in [1.54, 1.807) is 53.4 Å². The smallest absolute Gasteiger partial charge is 0.347 e. The topological polar surface area (TPSA) is 88.6 Å². The molecule has 2 aliphatic rings. The van der Waals surface area contributed by atoms with Crippen molar-refractivity contribution < 1.29 is 19.5 Å². The summed E-state index contributed by atoms with van der Waals surface area (Å²) in [7, 11) is 0. The summed E-state index contributed by atoms with van der Waals surface area (Å²) in [5.74, 6) is 0. The lowest BCUT2D eigenvalue weighted by atomic mass is 9.99. The fourth-order valence-corrected chi connectivity index (χ4v) is 4.91. The number of morpholine rings is 1. The maximum atomic E-state index is 13.7. The number of hydrogen-bond acceptors (Lipinski definition) is 5. The predicted octanol–water partition coefficient (Wildman–Crippen LogP) is 4.60. The van der Waals surface area contributed by atoms with Crippen LogP contribution < -0.4 is 10.2 Å². The van der Waals surface area contributed by atoms with Crippen LogP contribution in [0.2, 0.25) is 10.0 Å². The zero-order chi connectivity index (χ0) is 25.2. The molecule has 0 aliphatic carbocycles. The van der Waals surface area contributed by atoms with E-state index in [4.69, 9.17) is 27.9 Å². The number of anilines is 2. The minimum Gasteiger partial charge on any atom is -0.379 e. The summed E-state index contributed by atoms with van der Waals surface area (Å²) in [6, 6.07) is 12.3. The van der Waals surface area contributed by atoms with Crippen molar-refractivity contribution in [2.75, 3.05) is 49.6 Å². The van der Waals surface area contributed by atoms with Crippen molar-refractivity contribution in [3.05, 3.63) is 58.6 Å². The molecule has 2 aromatic rings. The SMILES string of the molecule is CC1(C)[C@H](N(O)C(=O)Nc2cccc(Cl)c2)N(c2cccc(Cl)c2)C(=O)N1CCN1CCOCC1. The van der Waals surface area contributed by atoms with Crippen molar-refractivity contribution >= 4 is 46.6 Å². The highest BCUT2D eigenvalue weighted by atomic mass is 35.5. The zero-order valence-corrected chi connectivity index (χ0v) is 21.2. The van der Waals surface area contributed by atoms with Gasteiger partial charge in [-0.3, -0.25) is 15.0 Å². The molecular weight excluding hydrogens is 493 g/mol. The number of carbonyl (C=O) groups is 2. The first-order valence-corrected chi connectivity index (χ1v) is 12.2. The second kappa shape index (κ2) is 10.6. The number of hydrogen-bond donors (Lipinski definition) is 2. The number of rotatable bonds is 6. The molecule has 0 aromatic heterocycles. The quantitative estimate of drug-likeness (QED) is 0.428. The molecule has 1 atom stereocenters. The Bertz CT molecular complexity index is 1080. The number of benzene rings is 2. The summed E-state index contributed by atoms with van der Waals surface area (Å²) in [5.41, 5.74) is -0.0437. The molecule has 9 nitrogen and oxygen atoms in total. The van der Waals surface area contributed by atoms with Gasteiger partial charge in [0.15, 0.2) is 6.17 Å². The molecule has 35 heavy (non-hydrogen) atoms. The van der Waals surface area contributed by atoms with Crippen LogP contribution in [-0.4, -0.2) is 83.2 Å². The Morgan fingerprint density at radius 1 is 1.11 bits per heavy atom. The molecule has 0 spiro atoms. The van der Waals surface area contributed by atoms with Gasteiger partial charge in [0, 0.05) is 47.6 Å².